The van der Waals surface area contributed by atoms with E-state index >= 15 is 0 Å². The van der Waals surface area contributed by atoms with Gasteiger partial charge in [-0.05, 0) is 42.0 Å². The van der Waals surface area contributed by atoms with E-state index in [2.05, 4.69) is 15.1 Å². The lowest BCUT2D eigenvalue weighted by Gasteiger charge is -2.14. The van der Waals surface area contributed by atoms with Crippen molar-refractivity contribution in [3.05, 3.63) is 95.3 Å². The zero-order chi connectivity index (χ0) is 25.3. The van der Waals surface area contributed by atoms with Gasteiger partial charge in [-0.2, -0.15) is 22.7 Å². The average Bonchev–Trinajstić information content (AvgIpc) is 3.33. The van der Waals surface area contributed by atoms with Crippen LogP contribution < -0.4 is 9.47 Å². The minimum absolute atomic E-state index is 0.188. The summed E-state index contributed by atoms with van der Waals surface area (Å²) in [5.74, 6) is -0.564. The molecule has 36 heavy (non-hydrogen) atoms. The van der Waals surface area contributed by atoms with E-state index in [4.69, 9.17) is 21.1 Å². The van der Waals surface area contributed by atoms with Crippen LogP contribution in [-0.4, -0.2) is 26.7 Å². The van der Waals surface area contributed by atoms with E-state index in [9.17, 15) is 13.2 Å². The number of rotatable bonds is 6. The van der Waals surface area contributed by atoms with Gasteiger partial charge in [-0.25, -0.2) is 4.98 Å². The fraction of sp³-hybridized carbons (Fsp3) is 0.115. The van der Waals surface area contributed by atoms with Crippen molar-refractivity contribution in [2.24, 2.45) is 0 Å². The Morgan fingerprint density at radius 2 is 1.58 bits per heavy atom. The molecule has 0 unspecified atom stereocenters. The molecule has 6 nitrogen and oxygen atoms in total. The van der Waals surface area contributed by atoms with Crippen molar-refractivity contribution in [3.63, 3.8) is 0 Å². The summed E-state index contributed by atoms with van der Waals surface area (Å²) in [6.45, 7) is 0.282. The van der Waals surface area contributed by atoms with E-state index in [0.29, 0.717) is 39.0 Å². The van der Waals surface area contributed by atoms with Crippen LogP contribution in [0.25, 0.3) is 28.3 Å². The second kappa shape index (κ2) is 9.50. The molecule has 5 aromatic rings. The Kier molecular flexibility index (Phi) is 6.24. The first-order valence-electron chi connectivity index (χ1n) is 10.8. The number of halogens is 4. The Morgan fingerprint density at radius 1 is 0.861 bits per heavy atom. The molecule has 0 aliphatic heterocycles. The van der Waals surface area contributed by atoms with Gasteiger partial charge in [0.1, 0.15) is 6.61 Å². The van der Waals surface area contributed by atoms with Crippen molar-refractivity contribution >= 4 is 17.4 Å². The first kappa shape index (κ1) is 23.6. The molecule has 0 aliphatic carbocycles. The average molecular weight is 511 g/mol. The third-order valence-electron chi connectivity index (χ3n) is 5.40. The molecule has 182 valence electrons. The standard InChI is InChI=1S/C26H18ClF3N4O2/c1-35-22-12-9-18(13-23(22)36-15-16-5-3-2-4-6-16)21-14-20(17-7-10-19(27)11-8-17)31-25-32-24(26(28,29)30)33-34(21)25/h2-14H,15H2,1H3. The minimum atomic E-state index is -4.73. The molecule has 2 heterocycles. The van der Waals surface area contributed by atoms with Gasteiger partial charge in [0, 0.05) is 16.1 Å². The van der Waals surface area contributed by atoms with Crippen molar-refractivity contribution < 1.29 is 22.6 Å². The highest BCUT2D eigenvalue weighted by Gasteiger charge is 2.37. The third-order valence-corrected chi connectivity index (χ3v) is 5.65. The highest BCUT2D eigenvalue weighted by Crippen LogP contribution is 2.35. The predicted molar refractivity (Wildman–Crippen MR) is 129 cm³/mol. The van der Waals surface area contributed by atoms with Gasteiger partial charge in [0.15, 0.2) is 11.5 Å². The Morgan fingerprint density at radius 3 is 2.28 bits per heavy atom. The van der Waals surface area contributed by atoms with E-state index in [1.807, 2.05) is 30.3 Å². The van der Waals surface area contributed by atoms with Gasteiger partial charge in [-0.15, -0.1) is 5.10 Å². The van der Waals surface area contributed by atoms with E-state index < -0.39 is 12.0 Å². The molecule has 2 aromatic heterocycles. The lowest BCUT2D eigenvalue weighted by Crippen LogP contribution is -2.08. The quantitative estimate of drug-likeness (QED) is 0.254. The Balaban J connectivity index is 1.64. The van der Waals surface area contributed by atoms with E-state index in [1.165, 1.54) is 7.11 Å². The fourth-order valence-electron chi connectivity index (χ4n) is 3.65. The molecule has 5 rings (SSSR count). The molecule has 0 saturated carbocycles. The summed E-state index contributed by atoms with van der Waals surface area (Å²) in [4.78, 5) is 7.96. The van der Waals surface area contributed by atoms with Crippen LogP contribution in [0.1, 0.15) is 11.4 Å². The van der Waals surface area contributed by atoms with Crippen LogP contribution in [0, 0.1) is 0 Å². The first-order chi connectivity index (χ1) is 17.3. The molecule has 0 N–H and O–H groups in total. The van der Waals surface area contributed by atoms with Gasteiger partial charge in [-0.1, -0.05) is 54.1 Å². The van der Waals surface area contributed by atoms with Crippen LogP contribution in [-0.2, 0) is 12.8 Å². The zero-order valence-corrected chi connectivity index (χ0v) is 19.6. The third kappa shape index (κ3) is 4.83. The molecule has 0 radical (unpaired) electrons. The summed E-state index contributed by atoms with van der Waals surface area (Å²) in [5, 5.41) is 4.23. The molecule has 0 spiro atoms. The fourth-order valence-corrected chi connectivity index (χ4v) is 3.77. The molecule has 0 saturated heterocycles. The van der Waals surface area contributed by atoms with Crippen LogP contribution in [0.3, 0.4) is 0 Å². The van der Waals surface area contributed by atoms with Gasteiger partial charge in [0.2, 0.25) is 0 Å². The molecular weight excluding hydrogens is 493 g/mol. The van der Waals surface area contributed by atoms with Gasteiger partial charge in [0.25, 0.3) is 11.6 Å². The van der Waals surface area contributed by atoms with E-state index in [0.717, 1.165) is 10.1 Å². The summed E-state index contributed by atoms with van der Waals surface area (Å²) < 4.78 is 52.8. The van der Waals surface area contributed by atoms with Crippen molar-refractivity contribution in [2.75, 3.05) is 7.11 Å². The molecule has 0 atom stereocenters. The largest absolute Gasteiger partial charge is 0.493 e. The summed E-state index contributed by atoms with van der Waals surface area (Å²) in [6, 6.07) is 23.1. The second-order valence-electron chi connectivity index (χ2n) is 7.82. The van der Waals surface area contributed by atoms with Gasteiger partial charge >= 0.3 is 6.18 Å². The van der Waals surface area contributed by atoms with Crippen LogP contribution in [0.15, 0.2) is 78.9 Å². The van der Waals surface area contributed by atoms with Crippen LogP contribution in [0.5, 0.6) is 11.5 Å². The van der Waals surface area contributed by atoms with Gasteiger partial charge in [-0.3, -0.25) is 0 Å². The number of ether oxygens (including phenoxy) is 2. The molecule has 10 heteroatoms. The van der Waals surface area contributed by atoms with Crippen molar-refractivity contribution in [3.8, 4) is 34.0 Å². The smallest absolute Gasteiger partial charge is 0.453 e. The lowest BCUT2D eigenvalue weighted by molar-refractivity contribution is -0.144. The molecule has 0 bridgehead atoms. The van der Waals surface area contributed by atoms with Crippen molar-refractivity contribution in [1.29, 1.82) is 0 Å². The monoisotopic (exact) mass is 510 g/mol. The molecule has 0 amide bonds. The number of benzene rings is 3. The summed E-state index contributed by atoms with van der Waals surface area (Å²) in [5.41, 5.74) is 2.92. The highest BCUT2D eigenvalue weighted by atomic mass is 35.5. The molecular formula is C26H18ClF3N4O2. The number of methoxy groups -OCH3 is 1. The normalized spacial score (nSPS) is 11.6. The Labute approximate surface area is 208 Å². The SMILES string of the molecule is COc1ccc(-c2cc(-c3ccc(Cl)cc3)nc3nc(C(F)(F)F)nn23)cc1OCc1ccccc1. The maximum Gasteiger partial charge on any atom is 0.453 e. The molecule has 3 aromatic carbocycles. The summed E-state index contributed by atoms with van der Waals surface area (Å²) in [7, 11) is 1.51. The topological polar surface area (TPSA) is 61.5 Å². The number of nitrogens with zero attached hydrogens (tertiary/aromatic N) is 4. The second-order valence-corrected chi connectivity index (χ2v) is 8.25. The van der Waals surface area contributed by atoms with E-state index in [1.54, 1.807) is 48.5 Å². The van der Waals surface area contributed by atoms with Crippen LogP contribution in [0.2, 0.25) is 5.02 Å². The van der Waals surface area contributed by atoms with Crippen molar-refractivity contribution in [1.82, 2.24) is 19.6 Å². The zero-order valence-electron chi connectivity index (χ0n) is 18.8. The molecule has 0 aliphatic rings. The number of hydrogen-bond donors (Lipinski definition) is 0. The number of alkyl halides is 3. The lowest BCUT2D eigenvalue weighted by atomic mass is 10.1. The predicted octanol–water partition coefficient (Wildman–Crippen LogP) is 6.72. The minimum Gasteiger partial charge on any atom is -0.493 e. The van der Waals surface area contributed by atoms with Crippen LogP contribution >= 0.6 is 11.6 Å². The van der Waals surface area contributed by atoms with E-state index in [-0.39, 0.29) is 12.4 Å². The summed E-state index contributed by atoms with van der Waals surface area (Å²) in [6.07, 6.45) is -4.73. The first-order valence-corrected chi connectivity index (χ1v) is 11.2. The summed E-state index contributed by atoms with van der Waals surface area (Å²) >= 11 is 6.00. The Bertz CT molecular complexity index is 1520. The van der Waals surface area contributed by atoms with Crippen molar-refractivity contribution in [2.45, 2.75) is 12.8 Å². The Hall–Kier alpha value is -4.11. The maximum absolute atomic E-state index is 13.4. The number of hydrogen-bond acceptors (Lipinski definition) is 5. The number of aromatic nitrogens is 4. The van der Waals surface area contributed by atoms with Gasteiger partial charge < -0.3 is 9.47 Å². The maximum atomic E-state index is 13.4. The highest BCUT2D eigenvalue weighted by molar-refractivity contribution is 6.30. The molecule has 0 fully saturated rings. The van der Waals surface area contributed by atoms with Crippen LogP contribution in [0.4, 0.5) is 13.2 Å². The number of fused-ring (bicyclic) bond motifs is 1. The van der Waals surface area contributed by atoms with Gasteiger partial charge in [0.05, 0.1) is 18.5 Å².